The molecule has 0 aliphatic heterocycles. The molecule has 4 rings (SSSR count). The quantitative estimate of drug-likeness (QED) is 0.474. The van der Waals surface area contributed by atoms with E-state index in [1.54, 1.807) is 18.4 Å². The second kappa shape index (κ2) is 6.75. The average Bonchev–Trinajstić information content (AvgIpc) is 3.05. The van der Waals surface area contributed by atoms with Crippen LogP contribution in [0.15, 0.2) is 78.9 Å². The number of benzene rings is 3. The fourth-order valence-electron chi connectivity index (χ4n) is 3.28. The smallest absolute Gasteiger partial charge is 0.181 e. The maximum absolute atomic E-state index is 14.6. The van der Waals surface area contributed by atoms with Crippen molar-refractivity contribution in [1.29, 1.82) is 0 Å². The first-order valence-corrected chi connectivity index (χ1v) is 11.0. The molecule has 0 fully saturated rings. The summed E-state index contributed by atoms with van der Waals surface area (Å²) in [6.45, 7) is 2.08. The van der Waals surface area contributed by atoms with Crippen molar-refractivity contribution < 1.29 is 9.30 Å². The molecule has 4 aromatic rings. The Morgan fingerprint density at radius 1 is 0.808 bits per heavy atom. The third-order valence-corrected chi connectivity index (χ3v) is 9.46. The maximum atomic E-state index is 14.6. The van der Waals surface area contributed by atoms with Gasteiger partial charge in [0, 0.05) is 20.9 Å². The van der Waals surface area contributed by atoms with Crippen LogP contribution in [-0.2, 0) is 4.57 Å². The second-order valence-electron chi connectivity index (χ2n) is 6.16. The van der Waals surface area contributed by atoms with E-state index in [1.807, 2.05) is 78.9 Å². The summed E-state index contributed by atoms with van der Waals surface area (Å²) >= 11 is 1.62. The molecular formula is C22H19O2PS. The van der Waals surface area contributed by atoms with Crippen molar-refractivity contribution in [2.45, 2.75) is 6.92 Å². The van der Waals surface area contributed by atoms with Crippen molar-refractivity contribution >= 4 is 44.5 Å². The lowest BCUT2D eigenvalue weighted by atomic mass is 10.2. The molecule has 3 aromatic carbocycles. The summed E-state index contributed by atoms with van der Waals surface area (Å²) in [5.41, 5.74) is 0. The van der Waals surface area contributed by atoms with Crippen molar-refractivity contribution in [3.05, 3.63) is 83.7 Å². The van der Waals surface area contributed by atoms with Gasteiger partial charge in [0.25, 0.3) is 0 Å². The van der Waals surface area contributed by atoms with Crippen LogP contribution in [0.25, 0.3) is 10.8 Å². The van der Waals surface area contributed by atoms with E-state index < -0.39 is 7.14 Å². The Morgan fingerprint density at radius 3 is 1.92 bits per heavy atom. The Kier molecular flexibility index (Phi) is 4.44. The van der Waals surface area contributed by atoms with Crippen molar-refractivity contribution in [3.8, 4) is 5.75 Å². The fraction of sp³-hybridized carbons (Fsp3) is 0.0909. The van der Waals surface area contributed by atoms with Gasteiger partial charge < -0.3 is 9.30 Å². The highest BCUT2D eigenvalue weighted by Gasteiger charge is 2.33. The average molecular weight is 378 g/mol. The molecule has 0 N–H and O–H groups in total. The zero-order chi connectivity index (χ0) is 18.1. The highest BCUT2D eigenvalue weighted by molar-refractivity contribution is 7.89. The molecular weight excluding hydrogens is 359 g/mol. The molecule has 0 aliphatic rings. The van der Waals surface area contributed by atoms with Gasteiger partial charge in [0.15, 0.2) is 7.14 Å². The lowest BCUT2D eigenvalue weighted by molar-refractivity contribution is 0.415. The topological polar surface area (TPSA) is 26.3 Å². The van der Waals surface area contributed by atoms with Gasteiger partial charge in [-0.05, 0) is 30.5 Å². The Hall–Kier alpha value is -2.35. The highest BCUT2D eigenvalue weighted by Crippen LogP contribution is 2.47. The van der Waals surface area contributed by atoms with Crippen LogP contribution in [0.4, 0.5) is 0 Å². The van der Waals surface area contributed by atoms with E-state index in [4.69, 9.17) is 4.74 Å². The number of methoxy groups -OCH3 is 1. The molecule has 130 valence electrons. The summed E-state index contributed by atoms with van der Waals surface area (Å²) in [5.74, 6) is 0.819. The van der Waals surface area contributed by atoms with E-state index in [1.165, 1.54) is 0 Å². The molecule has 2 nitrogen and oxygen atoms in total. The minimum Gasteiger partial charge on any atom is -0.497 e. The Labute approximate surface area is 157 Å². The van der Waals surface area contributed by atoms with Crippen molar-refractivity contribution in [2.75, 3.05) is 7.11 Å². The Morgan fingerprint density at radius 2 is 1.38 bits per heavy atom. The van der Waals surface area contributed by atoms with Crippen molar-refractivity contribution in [3.63, 3.8) is 0 Å². The van der Waals surface area contributed by atoms with Crippen molar-refractivity contribution in [1.82, 2.24) is 0 Å². The number of rotatable bonds is 4. The number of fused-ring (bicyclic) bond motifs is 1. The van der Waals surface area contributed by atoms with E-state index in [0.717, 1.165) is 36.6 Å². The molecule has 0 saturated heterocycles. The normalized spacial score (nSPS) is 11.6. The minimum absolute atomic E-state index is 0.819. The Bertz CT molecular complexity index is 1060. The summed E-state index contributed by atoms with van der Waals surface area (Å²) in [6, 6.07) is 25.6. The molecule has 1 aromatic heterocycles. The first kappa shape index (κ1) is 17.1. The molecule has 0 unspecified atom stereocenters. The van der Waals surface area contributed by atoms with Gasteiger partial charge >= 0.3 is 0 Å². The summed E-state index contributed by atoms with van der Waals surface area (Å²) in [6.07, 6.45) is 0. The predicted octanol–water partition coefficient (Wildman–Crippen LogP) is 4.86. The molecule has 0 bridgehead atoms. The highest BCUT2D eigenvalue weighted by atomic mass is 32.1. The first-order chi connectivity index (χ1) is 12.6. The molecule has 0 atom stereocenters. The Balaban J connectivity index is 2.06. The monoisotopic (exact) mass is 378 g/mol. The number of ether oxygens (including phenoxy) is 1. The number of hydrogen-bond donors (Lipinski definition) is 0. The van der Waals surface area contributed by atoms with Gasteiger partial charge in [-0.3, -0.25) is 0 Å². The SMILES string of the molecule is COc1ccc2c(P(=O)(c3ccccc3)c3ccccc3)sc(C)c2c1. The van der Waals surface area contributed by atoms with Crippen LogP contribution < -0.4 is 20.0 Å². The fourth-order valence-corrected chi connectivity index (χ4v) is 8.18. The standard InChI is InChI=1S/C22H19O2PS/c1-16-21-15-17(24-2)13-14-20(21)22(26-16)25(23,18-9-5-3-6-10-18)19-11-7-4-8-12-19/h3-15H,1-2H3. The molecule has 0 saturated carbocycles. The van der Waals surface area contributed by atoms with E-state index in [0.29, 0.717) is 0 Å². The number of hydrogen-bond acceptors (Lipinski definition) is 3. The maximum Gasteiger partial charge on any atom is 0.181 e. The third-order valence-electron chi connectivity index (χ3n) is 4.61. The zero-order valence-corrected chi connectivity index (χ0v) is 16.4. The lowest BCUT2D eigenvalue weighted by Crippen LogP contribution is -2.23. The van der Waals surface area contributed by atoms with E-state index in [2.05, 4.69) is 6.92 Å². The van der Waals surface area contributed by atoms with Gasteiger partial charge in [0.05, 0.1) is 11.7 Å². The van der Waals surface area contributed by atoms with Crippen LogP contribution in [-0.4, -0.2) is 7.11 Å². The van der Waals surface area contributed by atoms with Gasteiger partial charge in [-0.15, -0.1) is 11.3 Å². The van der Waals surface area contributed by atoms with Crippen LogP contribution in [0, 0.1) is 6.92 Å². The van der Waals surface area contributed by atoms with Gasteiger partial charge in [-0.25, -0.2) is 0 Å². The summed E-state index contributed by atoms with van der Waals surface area (Å²) in [5, 5.41) is 3.89. The van der Waals surface area contributed by atoms with Crippen LogP contribution >= 0.6 is 18.5 Å². The molecule has 0 aliphatic carbocycles. The largest absolute Gasteiger partial charge is 0.497 e. The summed E-state index contributed by atoms with van der Waals surface area (Å²) in [4.78, 5) is 1.15. The minimum atomic E-state index is -2.95. The van der Waals surface area contributed by atoms with Gasteiger partial charge in [-0.1, -0.05) is 60.7 Å². The van der Waals surface area contributed by atoms with Crippen LogP contribution in [0.3, 0.4) is 0 Å². The molecule has 0 radical (unpaired) electrons. The molecule has 4 heteroatoms. The third kappa shape index (κ3) is 2.68. The van der Waals surface area contributed by atoms with E-state index >= 15 is 0 Å². The van der Waals surface area contributed by atoms with Gasteiger partial charge in [-0.2, -0.15) is 0 Å². The lowest BCUT2D eigenvalue weighted by Gasteiger charge is -2.18. The first-order valence-electron chi connectivity index (χ1n) is 8.43. The molecule has 0 amide bonds. The van der Waals surface area contributed by atoms with Crippen LogP contribution in [0.1, 0.15) is 4.88 Å². The van der Waals surface area contributed by atoms with E-state index in [-0.39, 0.29) is 0 Å². The molecule has 26 heavy (non-hydrogen) atoms. The van der Waals surface area contributed by atoms with Crippen LogP contribution in [0.2, 0.25) is 0 Å². The summed E-state index contributed by atoms with van der Waals surface area (Å²) in [7, 11) is -1.28. The zero-order valence-electron chi connectivity index (χ0n) is 14.7. The number of thiophene rings is 1. The number of aryl methyl sites for hydroxylation is 1. The second-order valence-corrected chi connectivity index (χ2v) is 10.4. The van der Waals surface area contributed by atoms with Crippen LogP contribution in [0.5, 0.6) is 5.75 Å². The van der Waals surface area contributed by atoms with Crippen molar-refractivity contribution in [2.24, 2.45) is 0 Å². The van der Waals surface area contributed by atoms with E-state index in [9.17, 15) is 4.57 Å². The predicted molar refractivity (Wildman–Crippen MR) is 113 cm³/mol. The molecule has 1 heterocycles. The van der Waals surface area contributed by atoms with Gasteiger partial charge in [0.2, 0.25) is 0 Å². The molecule has 0 spiro atoms. The van der Waals surface area contributed by atoms with Gasteiger partial charge in [0.1, 0.15) is 5.75 Å². The summed E-state index contributed by atoms with van der Waals surface area (Å²) < 4.78 is 20.9.